The number of ether oxygens (including phenoxy) is 4. The number of benzene rings is 2. The number of pyridine rings is 1. The molecule has 0 spiro atoms. The van der Waals surface area contributed by atoms with Crippen LogP contribution >= 0.6 is 0 Å². The Bertz CT molecular complexity index is 1070. The Labute approximate surface area is 205 Å². The molecular formula is C28H33NO6. The van der Waals surface area contributed by atoms with Gasteiger partial charge in [-0.1, -0.05) is 60.7 Å². The minimum atomic E-state index is -1.16. The molecule has 2 heterocycles. The summed E-state index contributed by atoms with van der Waals surface area (Å²) in [5.41, 5.74) is 2.45. The van der Waals surface area contributed by atoms with E-state index in [-0.39, 0.29) is 24.7 Å². The second kappa shape index (κ2) is 12.8. The van der Waals surface area contributed by atoms with Gasteiger partial charge in [0.2, 0.25) is 5.79 Å². The molecule has 0 aliphatic carbocycles. The van der Waals surface area contributed by atoms with Crippen molar-refractivity contribution in [3.8, 4) is 0 Å². The average Bonchev–Trinajstić information content (AvgIpc) is 2.91. The van der Waals surface area contributed by atoms with E-state index in [0.29, 0.717) is 31.9 Å². The van der Waals surface area contributed by atoms with Gasteiger partial charge < -0.3 is 29.0 Å². The molecule has 1 aliphatic rings. The number of hydrogen-bond acceptors (Lipinski definition) is 6. The fraction of sp³-hybridized carbons (Fsp3) is 0.393. The highest BCUT2D eigenvalue weighted by Gasteiger charge is 2.48. The summed E-state index contributed by atoms with van der Waals surface area (Å²) in [6.45, 7) is 1.49. The smallest absolute Gasteiger partial charge is 0.222 e. The Morgan fingerprint density at radius 3 is 2.57 bits per heavy atom. The van der Waals surface area contributed by atoms with E-state index in [4.69, 9.17) is 24.1 Å². The molecule has 2 N–H and O–H groups in total. The van der Waals surface area contributed by atoms with Gasteiger partial charge in [0.1, 0.15) is 12.2 Å². The lowest BCUT2D eigenvalue weighted by atomic mass is 9.93. The molecule has 1 aliphatic heterocycles. The van der Waals surface area contributed by atoms with Crippen LogP contribution < -0.4 is 5.43 Å². The van der Waals surface area contributed by atoms with Gasteiger partial charge in [-0.15, -0.1) is 0 Å². The van der Waals surface area contributed by atoms with E-state index < -0.39 is 11.9 Å². The van der Waals surface area contributed by atoms with Crippen molar-refractivity contribution in [2.75, 3.05) is 26.4 Å². The standard InChI is InChI=1S/C28H33NO6/c30-16-19-32-18-14-26(25-20-24(31)13-15-29-25)35-28(23-10-5-2-6-11-23)27(12-7-17-34-28)33-21-22-8-3-1-4-9-22/h1-6,8-11,13,15,20,26-27,30H,7,12,14,16-19,21H2,(H,29,31). The molecule has 3 aromatic rings. The summed E-state index contributed by atoms with van der Waals surface area (Å²) in [6.07, 6.45) is 2.80. The summed E-state index contributed by atoms with van der Waals surface area (Å²) in [7, 11) is 0. The summed E-state index contributed by atoms with van der Waals surface area (Å²) >= 11 is 0. The fourth-order valence-corrected chi connectivity index (χ4v) is 4.35. The predicted molar refractivity (Wildman–Crippen MR) is 132 cm³/mol. The topological polar surface area (TPSA) is 90.0 Å². The van der Waals surface area contributed by atoms with Crippen molar-refractivity contribution in [1.82, 2.24) is 4.98 Å². The van der Waals surface area contributed by atoms with Crippen molar-refractivity contribution in [1.29, 1.82) is 0 Å². The molecule has 1 fully saturated rings. The maximum absolute atomic E-state index is 12.1. The van der Waals surface area contributed by atoms with Crippen molar-refractivity contribution in [3.63, 3.8) is 0 Å². The van der Waals surface area contributed by atoms with Gasteiger partial charge >= 0.3 is 0 Å². The summed E-state index contributed by atoms with van der Waals surface area (Å²) in [5.74, 6) is -1.16. The first-order chi connectivity index (χ1) is 17.2. The summed E-state index contributed by atoms with van der Waals surface area (Å²) in [4.78, 5) is 15.3. The molecule has 7 heteroatoms. The Morgan fingerprint density at radius 2 is 1.83 bits per heavy atom. The average molecular weight is 480 g/mol. The number of hydrogen-bond donors (Lipinski definition) is 2. The normalized spacial score (nSPS) is 21.0. The second-order valence-electron chi connectivity index (χ2n) is 8.52. The van der Waals surface area contributed by atoms with E-state index in [9.17, 15) is 4.79 Å². The highest BCUT2D eigenvalue weighted by molar-refractivity contribution is 5.23. The molecule has 3 unspecified atom stereocenters. The first-order valence-corrected chi connectivity index (χ1v) is 12.1. The molecule has 3 atom stereocenters. The van der Waals surface area contributed by atoms with Gasteiger partial charge in [-0.2, -0.15) is 0 Å². The number of aromatic amines is 1. The van der Waals surface area contributed by atoms with Crippen LogP contribution in [0.15, 0.2) is 83.8 Å². The molecule has 1 saturated heterocycles. The SMILES string of the molecule is O=c1cc[nH]c(C(CCOCCO)OC2(c3ccccc3)OCCCC2OCc2ccccc2)c1. The van der Waals surface area contributed by atoms with E-state index in [0.717, 1.165) is 24.0 Å². The zero-order valence-electron chi connectivity index (χ0n) is 19.8. The third-order valence-electron chi connectivity index (χ3n) is 6.04. The fourth-order valence-electron chi connectivity index (χ4n) is 4.35. The highest BCUT2D eigenvalue weighted by atomic mass is 16.7. The van der Waals surface area contributed by atoms with Crippen LogP contribution in [-0.2, 0) is 31.3 Å². The van der Waals surface area contributed by atoms with Crippen LogP contribution in [0.25, 0.3) is 0 Å². The number of H-pyrrole nitrogens is 1. The second-order valence-corrected chi connectivity index (χ2v) is 8.52. The van der Waals surface area contributed by atoms with Crippen LogP contribution in [0.4, 0.5) is 0 Å². The highest BCUT2D eigenvalue weighted by Crippen LogP contribution is 2.43. The van der Waals surface area contributed by atoms with Crippen LogP contribution in [0.2, 0.25) is 0 Å². The molecular weight excluding hydrogens is 446 g/mol. The number of rotatable bonds is 12. The molecule has 2 aromatic carbocycles. The quantitative estimate of drug-likeness (QED) is 0.381. The van der Waals surface area contributed by atoms with Crippen molar-refractivity contribution in [2.45, 2.75) is 43.9 Å². The van der Waals surface area contributed by atoms with Gasteiger partial charge in [-0.3, -0.25) is 4.79 Å². The minimum Gasteiger partial charge on any atom is -0.394 e. The van der Waals surface area contributed by atoms with Gasteiger partial charge in [0.05, 0.1) is 26.4 Å². The van der Waals surface area contributed by atoms with E-state index in [1.54, 1.807) is 6.20 Å². The van der Waals surface area contributed by atoms with E-state index in [2.05, 4.69) is 4.98 Å². The van der Waals surface area contributed by atoms with Crippen molar-refractivity contribution in [3.05, 3.63) is 106 Å². The van der Waals surface area contributed by atoms with Gasteiger partial charge in [0, 0.05) is 42.6 Å². The number of nitrogens with one attached hydrogen (secondary N) is 1. The van der Waals surface area contributed by atoms with Crippen LogP contribution in [0.5, 0.6) is 0 Å². The van der Waals surface area contributed by atoms with Crippen LogP contribution in [0.3, 0.4) is 0 Å². The van der Waals surface area contributed by atoms with Crippen LogP contribution in [0, 0.1) is 0 Å². The molecule has 4 rings (SSSR count). The monoisotopic (exact) mass is 479 g/mol. The summed E-state index contributed by atoms with van der Waals surface area (Å²) in [5, 5.41) is 9.08. The van der Waals surface area contributed by atoms with Crippen LogP contribution in [-0.4, -0.2) is 42.6 Å². The molecule has 35 heavy (non-hydrogen) atoms. The third kappa shape index (κ3) is 6.66. The zero-order chi connectivity index (χ0) is 24.3. The maximum Gasteiger partial charge on any atom is 0.222 e. The van der Waals surface area contributed by atoms with Gasteiger partial charge in [0.25, 0.3) is 0 Å². The van der Waals surface area contributed by atoms with Gasteiger partial charge in [-0.25, -0.2) is 0 Å². The van der Waals surface area contributed by atoms with E-state index in [1.807, 2.05) is 60.7 Å². The van der Waals surface area contributed by atoms with Crippen molar-refractivity contribution in [2.24, 2.45) is 0 Å². The number of aliphatic hydroxyl groups is 1. The Balaban J connectivity index is 1.66. The zero-order valence-corrected chi connectivity index (χ0v) is 19.8. The van der Waals surface area contributed by atoms with Crippen LogP contribution in [0.1, 0.15) is 42.2 Å². The lowest BCUT2D eigenvalue weighted by Crippen LogP contribution is -2.50. The summed E-state index contributed by atoms with van der Waals surface area (Å²) in [6, 6.07) is 22.9. The molecule has 0 bridgehead atoms. The van der Waals surface area contributed by atoms with Gasteiger partial charge in [-0.05, 0) is 18.4 Å². The molecule has 7 nitrogen and oxygen atoms in total. The first kappa shape index (κ1) is 25.3. The van der Waals surface area contributed by atoms with Crippen molar-refractivity contribution >= 4 is 0 Å². The summed E-state index contributed by atoms with van der Waals surface area (Å²) < 4.78 is 25.3. The largest absolute Gasteiger partial charge is 0.394 e. The molecule has 0 saturated carbocycles. The number of aliphatic hydroxyl groups excluding tert-OH is 1. The molecule has 1 aromatic heterocycles. The molecule has 0 radical (unpaired) electrons. The van der Waals surface area contributed by atoms with Gasteiger partial charge in [0.15, 0.2) is 5.43 Å². The lowest BCUT2D eigenvalue weighted by Gasteiger charge is -2.45. The van der Waals surface area contributed by atoms with E-state index in [1.165, 1.54) is 12.1 Å². The maximum atomic E-state index is 12.1. The molecule has 186 valence electrons. The third-order valence-corrected chi connectivity index (χ3v) is 6.04. The minimum absolute atomic E-state index is 0.0554. The lowest BCUT2D eigenvalue weighted by molar-refractivity contribution is -0.339. The Hall–Kier alpha value is -2.81. The molecule has 0 amide bonds. The Morgan fingerprint density at radius 1 is 1.06 bits per heavy atom. The number of aromatic nitrogens is 1. The predicted octanol–water partition coefficient (Wildman–Crippen LogP) is 4.08. The van der Waals surface area contributed by atoms with Crippen molar-refractivity contribution < 1.29 is 24.1 Å². The Kier molecular flexibility index (Phi) is 9.22. The first-order valence-electron chi connectivity index (χ1n) is 12.1. The van der Waals surface area contributed by atoms with E-state index >= 15 is 0 Å².